The van der Waals surface area contributed by atoms with Crippen LogP contribution in [0.1, 0.15) is 11.1 Å². The number of para-hydroxylation sites is 1. The monoisotopic (exact) mass is 395 g/mol. The lowest BCUT2D eigenvalue weighted by atomic mass is 10.1. The molecule has 1 aliphatic heterocycles. The fourth-order valence-electron chi connectivity index (χ4n) is 2.31. The maximum Gasteiger partial charge on any atom is 0.270 e. The molecule has 1 saturated heterocycles. The zero-order chi connectivity index (χ0) is 17.4. The molecule has 3 rings (SSSR count). The topological polar surface area (TPSA) is 40.5 Å². The molecule has 0 saturated carbocycles. The Hall–Kier alpha value is -1.53. The lowest BCUT2D eigenvalue weighted by Crippen LogP contribution is -2.28. The minimum Gasteiger partial charge on any atom is -0.505 e. The van der Waals surface area contributed by atoms with E-state index in [1.807, 2.05) is 31.2 Å². The number of hydrogen-bond acceptors (Lipinski definition) is 4. The van der Waals surface area contributed by atoms with E-state index < -0.39 is 0 Å². The highest BCUT2D eigenvalue weighted by Gasteiger charge is 2.33. The van der Waals surface area contributed by atoms with Gasteiger partial charge in [-0.05, 0) is 42.3 Å². The van der Waals surface area contributed by atoms with E-state index in [1.54, 1.807) is 18.2 Å². The molecule has 0 aliphatic carbocycles. The van der Waals surface area contributed by atoms with Crippen LogP contribution in [-0.2, 0) is 4.79 Å². The molecule has 2 aromatic carbocycles. The highest BCUT2D eigenvalue weighted by Crippen LogP contribution is 2.39. The zero-order valence-corrected chi connectivity index (χ0v) is 15.6. The highest BCUT2D eigenvalue weighted by atomic mass is 35.5. The molecule has 24 heavy (non-hydrogen) atoms. The Bertz CT molecular complexity index is 873. The van der Waals surface area contributed by atoms with Gasteiger partial charge in [-0.2, -0.15) is 0 Å². The summed E-state index contributed by atoms with van der Waals surface area (Å²) in [5.41, 5.74) is 2.35. The average Bonchev–Trinajstić information content (AvgIpc) is 2.80. The molecule has 1 amide bonds. The van der Waals surface area contributed by atoms with Crippen LogP contribution in [0.25, 0.3) is 6.08 Å². The van der Waals surface area contributed by atoms with Crippen molar-refractivity contribution in [1.82, 2.24) is 0 Å². The molecular formula is C17H11Cl2NO2S2. The van der Waals surface area contributed by atoms with E-state index >= 15 is 0 Å². The van der Waals surface area contributed by atoms with E-state index in [9.17, 15) is 9.90 Å². The number of rotatable bonds is 2. The van der Waals surface area contributed by atoms with E-state index in [2.05, 4.69) is 0 Å². The number of hydrogen-bond donors (Lipinski definition) is 1. The SMILES string of the molecule is Cc1ccccc1N1C(=O)/C(=C/c2cc(Cl)c(O)c(Cl)c2)SC1=S. The van der Waals surface area contributed by atoms with Crippen LogP contribution in [0.3, 0.4) is 0 Å². The third-order valence-corrected chi connectivity index (χ3v) is 5.37. The number of anilines is 1. The number of amides is 1. The first-order chi connectivity index (χ1) is 11.4. The molecule has 1 aliphatic rings. The van der Waals surface area contributed by atoms with Gasteiger partial charge < -0.3 is 5.11 Å². The number of carbonyl (C=O) groups excluding carboxylic acids is 1. The Morgan fingerprint density at radius 2 is 1.83 bits per heavy atom. The third-order valence-electron chi connectivity index (χ3n) is 3.49. The number of thiocarbonyl (C=S) groups is 1. The van der Waals surface area contributed by atoms with E-state index in [0.29, 0.717) is 14.8 Å². The Kier molecular flexibility index (Phi) is 4.88. The second-order valence-corrected chi connectivity index (χ2v) is 7.63. The Labute approximate surface area is 158 Å². The minimum atomic E-state index is -0.195. The van der Waals surface area contributed by atoms with Crippen molar-refractivity contribution >= 4 is 69.2 Å². The van der Waals surface area contributed by atoms with E-state index in [4.69, 9.17) is 35.4 Å². The van der Waals surface area contributed by atoms with Crippen molar-refractivity contribution in [2.75, 3.05) is 4.90 Å². The third kappa shape index (κ3) is 3.17. The fraction of sp³-hybridized carbons (Fsp3) is 0.0588. The summed E-state index contributed by atoms with van der Waals surface area (Å²) in [5.74, 6) is -0.373. The number of aryl methyl sites for hydroxylation is 1. The van der Waals surface area contributed by atoms with Gasteiger partial charge in [0.1, 0.15) is 0 Å². The highest BCUT2D eigenvalue weighted by molar-refractivity contribution is 8.27. The normalized spacial score (nSPS) is 16.3. The maximum absolute atomic E-state index is 12.7. The van der Waals surface area contributed by atoms with Gasteiger partial charge in [-0.25, -0.2) is 0 Å². The number of aromatic hydroxyl groups is 1. The summed E-state index contributed by atoms with van der Waals surface area (Å²) in [6.07, 6.45) is 1.66. The van der Waals surface area contributed by atoms with E-state index in [-0.39, 0.29) is 21.7 Å². The summed E-state index contributed by atoms with van der Waals surface area (Å²) >= 11 is 18.4. The molecule has 1 N–H and O–H groups in total. The fourth-order valence-corrected chi connectivity index (χ4v) is 4.10. The molecule has 0 radical (unpaired) electrons. The lowest BCUT2D eigenvalue weighted by molar-refractivity contribution is -0.113. The second-order valence-electron chi connectivity index (χ2n) is 5.14. The summed E-state index contributed by atoms with van der Waals surface area (Å²) in [7, 11) is 0. The van der Waals surface area contributed by atoms with Crippen molar-refractivity contribution < 1.29 is 9.90 Å². The van der Waals surface area contributed by atoms with Crippen LogP contribution in [0.5, 0.6) is 5.75 Å². The van der Waals surface area contributed by atoms with Gasteiger partial charge >= 0.3 is 0 Å². The summed E-state index contributed by atoms with van der Waals surface area (Å²) in [5, 5.41) is 9.88. The van der Waals surface area contributed by atoms with Gasteiger partial charge in [0.05, 0.1) is 20.6 Å². The van der Waals surface area contributed by atoms with Crippen molar-refractivity contribution in [3.8, 4) is 5.75 Å². The Morgan fingerprint density at radius 1 is 1.21 bits per heavy atom. The van der Waals surface area contributed by atoms with Crippen LogP contribution in [0.4, 0.5) is 5.69 Å². The molecule has 2 aromatic rings. The number of carbonyl (C=O) groups is 1. The summed E-state index contributed by atoms with van der Waals surface area (Å²) in [6.45, 7) is 1.93. The summed E-state index contributed by atoms with van der Waals surface area (Å²) in [6, 6.07) is 10.7. The van der Waals surface area contributed by atoms with Crippen LogP contribution in [0, 0.1) is 6.92 Å². The van der Waals surface area contributed by atoms with Crippen molar-refractivity contribution in [3.05, 3.63) is 62.5 Å². The van der Waals surface area contributed by atoms with Crippen LogP contribution in [0.15, 0.2) is 41.3 Å². The molecule has 0 bridgehead atoms. The average molecular weight is 396 g/mol. The number of halogens is 2. The largest absolute Gasteiger partial charge is 0.505 e. The van der Waals surface area contributed by atoms with Gasteiger partial charge in [0, 0.05) is 0 Å². The predicted molar refractivity (Wildman–Crippen MR) is 105 cm³/mol. The molecule has 1 fully saturated rings. The van der Waals surface area contributed by atoms with E-state index in [0.717, 1.165) is 11.3 Å². The van der Waals surface area contributed by atoms with Crippen molar-refractivity contribution in [2.45, 2.75) is 6.92 Å². The molecule has 1 heterocycles. The minimum absolute atomic E-state index is 0.128. The number of phenols is 1. The number of nitrogens with zero attached hydrogens (tertiary/aromatic N) is 1. The number of phenolic OH excluding ortho intramolecular Hbond substituents is 1. The summed E-state index contributed by atoms with van der Waals surface area (Å²) < 4.78 is 0.469. The van der Waals surface area contributed by atoms with E-state index in [1.165, 1.54) is 16.7 Å². The molecule has 0 aromatic heterocycles. The quantitative estimate of drug-likeness (QED) is 0.544. The number of thioether (sulfide) groups is 1. The summed E-state index contributed by atoms with van der Waals surface area (Å²) in [4.78, 5) is 14.7. The van der Waals surface area contributed by atoms with Crippen LogP contribution in [-0.4, -0.2) is 15.3 Å². The maximum atomic E-state index is 12.7. The standard InChI is InChI=1S/C17H11Cl2NO2S2/c1-9-4-2-3-5-13(9)20-16(22)14(24-17(20)23)8-10-6-11(18)15(21)12(19)7-10/h2-8,21H,1H3/b14-8-. The molecule has 122 valence electrons. The first-order valence-corrected chi connectivity index (χ1v) is 8.88. The van der Waals surface area contributed by atoms with Crippen molar-refractivity contribution in [2.24, 2.45) is 0 Å². The van der Waals surface area contributed by atoms with Gasteiger partial charge in [-0.15, -0.1) is 0 Å². The zero-order valence-electron chi connectivity index (χ0n) is 12.4. The van der Waals surface area contributed by atoms with Gasteiger partial charge in [0.2, 0.25) is 0 Å². The van der Waals surface area contributed by atoms with Crippen LogP contribution in [0.2, 0.25) is 10.0 Å². The molecule has 0 spiro atoms. The van der Waals surface area contributed by atoms with Crippen molar-refractivity contribution in [1.29, 1.82) is 0 Å². The molecular weight excluding hydrogens is 385 g/mol. The molecule has 3 nitrogen and oxygen atoms in total. The smallest absolute Gasteiger partial charge is 0.270 e. The van der Waals surface area contributed by atoms with Gasteiger partial charge in [-0.3, -0.25) is 9.69 Å². The molecule has 0 atom stereocenters. The second kappa shape index (κ2) is 6.76. The van der Waals surface area contributed by atoms with Gasteiger partial charge in [-0.1, -0.05) is 65.4 Å². The first-order valence-electron chi connectivity index (χ1n) is 6.90. The lowest BCUT2D eigenvalue weighted by Gasteiger charge is -2.16. The Morgan fingerprint density at radius 3 is 2.46 bits per heavy atom. The van der Waals surface area contributed by atoms with Crippen LogP contribution >= 0.6 is 47.2 Å². The van der Waals surface area contributed by atoms with Gasteiger partial charge in [0.15, 0.2) is 10.1 Å². The molecule has 7 heteroatoms. The molecule has 0 unspecified atom stereocenters. The first kappa shape index (κ1) is 17.3. The number of benzene rings is 2. The van der Waals surface area contributed by atoms with Gasteiger partial charge in [0.25, 0.3) is 5.91 Å². The van der Waals surface area contributed by atoms with Crippen LogP contribution < -0.4 is 4.90 Å². The predicted octanol–water partition coefficient (Wildman–Crippen LogP) is 5.41. The van der Waals surface area contributed by atoms with Crippen molar-refractivity contribution in [3.63, 3.8) is 0 Å². The Balaban J connectivity index is 1.99.